The topological polar surface area (TPSA) is 53.9 Å². The van der Waals surface area contributed by atoms with E-state index in [4.69, 9.17) is 11.6 Å². The zero-order valence-corrected chi connectivity index (χ0v) is 9.98. The molecule has 0 bridgehead atoms. The summed E-state index contributed by atoms with van der Waals surface area (Å²) in [4.78, 5) is 15.1. The smallest absolute Gasteiger partial charge is 0.158 e. The lowest BCUT2D eigenvalue weighted by atomic mass is 10.3. The number of aromatic nitrogens is 3. The molecular formula is C11H12ClN5. The van der Waals surface area contributed by atoms with Crippen LogP contribution in [0.25, 0.3) is 11.0 Å². The summed E-state index contributed by atoms with van der Waals surface area (Å²) < 4.78 is 0. The number of anilines is 1. The highest BCUT2D eigenvalue weighted by Gasteiger charge is 2.15. The van der Waals surface area contributed by atoms with Crippen molar-refractivity contribution in [3.8, 4) is 0 Å². The molecule has 0 aliphatic carbocycles. The highest BCUT2D eigenvalue weighted by Crippen LogP contribution is 2.22. The highest BCUT2D eigenvalue weighted by molar-refractivity contribution is 6.31. The van der Waals surface area contributed by atoms with Gasteiger partial charge in [-0.15, -0.1) is 0 Å². The Morgan fingerprint density at radius 1 is 1.18 bits per heavy atom. The molecule has 0 atom stereocenters. The van der Waals surface area contributed by atoms with Crippen LogP contribution in [0.2, 0.25) is 5.02 Å². The van der Waals surface area contributed by atoms with Gasteiger partial charge in [0.15, 0.2) is 5.82 Å². The van der Waals surface area contributed by atoms with Crippen molar-refractivity contribution in [3.63, 3.8) is 0 Å². The highest BCUT2D eigenvalue weighted by atomic mass is 35.5. The largest absolute Gasteiger partial charge is 0.352 e. The van der Waals surface area contributed by atoms with E-state index >= 15 is 0 Å². The van der Waals surface area contributed by atoms with Crippen molar-refractivity contribution in [2.45, 2.75) is 0 Å². The quantitative estimate of drug-likeness (QED) is 0.820. The van der Waals surface area contributed by atoms with Crippen LogP contribution < -0.4 is 10.2 Å². The molecule has 3 rings (SSSR count). The standard InChI is InChI=1S/C11H12ClN5/c12-8-5-9-10(14-6-8)11(16-7-15-9)17-3-1-13-2-4-17/h5-7,13H,1-4H2. The molecule has 1 N–H and O–H groups in total. The lowest BCUT2D eigenvalue weighted by Crippen LogP contribution is -2.44. The molecule has 5 nitrogen and oxygen atoms in total. The predicted octanol–water partition coefficient (Wildman–Crippen LogP) is 1.09. The Bertz CT molecular complexity index is 538. The Labute approximate surface area is 104 Å². The lowest BCUT2D eigenvalue weighted by molar-refractivity contribution is 0.586. The number of rotatable bonds is 1. The molecule has 1 aliphatic heterocycles. The van der Waals surface area contributed by atoms with E-state index in [2.05, 4.69) is 25.2 Å². The minimum absolute atomic E-state index is 0.600. The fourth-order valence-corrected chi connectivity index (χ4v) is 2.17. The lowest BCUT2D eigenvalue weighted by Gasteiger charge is -2.28. The zero-order valence-electron chi connectivity index (χ0n) is 9.23. The van der Waals surface area contributed by atoms with Crippen LogP contribution in [0.3, 0.4) is 0 Å². The number of halogens is 1. The Kier molecular flexibility index (Phi) is 2.78. The summed E-state index contributed by atoms with van der Waals surface area (Å²) in [5, 5.41) is 3.91. The van der Waals surface area contributed by atoms with Crippen LogP contribution in [-0.2, 0) is 0 Å². The van der Waals surface area contributed by atoms with Crippen molar-refractivity contribution in [1.82, 2.24) is 20.3 Å². The summed E-state index contributed by atoms with van der Waals surface area (Å²) in [5.74, 6) is 0.896. The molecule has 0 unspecified atom stereocenters. The molecule has 0 radical (unpaired) electrons. The number of pyridine rings is 1. The number of fused-ring (bicyclic) bond motifs is 1. The van der Waals surface area contributed by atoms with E-state index in [1.807, 2.05) is 6.07 Å². The minimum atomic E-state index is 0.600. The van der Waals surface area contributed by atoms with Gasteiger partial charge in [-0.1, -0.05) is 11.6 Å². The summed E-state index contributed by atoms with van der Waals surface area (Å²) in [6, 6.07) is 1.82. The molecule has 6 heteroatoms. The second-order valence-electron chi connectivity index (χ2n) is 3.96. The fourth-order valence-electron chi connectivity index (χ4n) is 2.01. The Balaban J connectivity index is 2.09. The molecule has 0 saturated carbocycles. The van der Waals surface area contributed by atoms with Gasteiger partial charge < -0.3 is 10.2 Å². The van der Waals surface area contributed by atoms with Gasteiger partial charge in [0.25, 0.3) is 0 Å². The summed E-state index contributed by atoms with van der Waals surface area (Å²) in [7, 11) is 0. The van der Waals surface area contributed by atoms with E-state index in [9.17, 15) is 0 Å². The molecule has 2 aromatic rings. The van der Waals surface area contributed by atoms with Crippen LogP contribution >= 0.6 is 11.6 Å². The third-order valence-corrected chi connectivity index (χ3v) is 3.05. The van der Waals surface area contributed by atoms with Crippen LogP contribution in [0.4, 0.5) is 5.82 Å². The Morgan fingerprint density at radius 2 is 2.00 bits per heavy atom. The van der Waals surface area contributed by atoms with Crippen molar-refractivity contribution >= 4 is 28.5 Å². The molecule has 0 aromatic carbocycles. The van der Waals surface area contributed by atoms with Gasteiger partial charge in [-0.3, -0.25) is 0 Å². The monoisotopic (exact) mass is 249 g/mol. The number of nitrogens with zero attached hydrogens (tertiary/aromatic N) is 4. The van der Waals surface area contributed by atoms with Gasteiger partial charge >= 0.3 is 0 Å². The van der Waals surface area contributed by atoms with E-state index < -0.39 is 0 Å². The molecule has 2 aromatic heterocycles. The van der Waals surface area contributed by atoms with Gasteiger partial charge in [-0.2, -0.15) is 0 Å². The maximum atomic E-state index is 5.91. The summed E-state index contributed by atoms with van der Waals surface area (Å²) in [6.45, 7) is 3.82. The third kappa shape index (κ3) is 2.03. The maximum Gasteiger partial charge on any atom is 0.158 e. The predicted molar refractivity (Wildman–Crippen MR) is 67.4 cm³/mol. The average molecular weight is 250 g/mol. The molecular weight excluding hydrogens is 238 g/mol. The molecule has 1 fully saturated rings. The fraction of sp³-hybridized carbons (Fsp3) is 0.364. The first-order valence-electron chi connectivity index (χ1n) is 5.56. The van der Waals surface area contributed by atoms with E-state index in [1.165, 1.54) is 0 Å². The summed E-state index contributed by atoms with van der Waals surface area (Å²) in [6.07, 6.45) is 3.21. The molecule has 3 heterocycles. The van der Waals surface area contributed by atoms with Gasteiger partial charge in [0, 0.05) is 32.4 Å². The molecule has 88 valence electrons. The second kappa shape index (κ2) is 4.43. The van der Waals surface area contributed by atoms with E-state index in [1.54, 1.807) is 12.5 Å². The van der Waals surface area contributed by atoms with Gasteiger partial charge in [-0.05, 0) is 6.07 Å². The number of nitrogens with one attached hydrogen (secondary N) is 1. The van der Waals surface area contributed by atoms with E-state index in [0.717, 1.165) is 43.0 Å². The van der Waals surface area contributed by atoms with Crippen LogP contribution in [0.15, 0.2) is 18.6 Å². The van der Waals surface area contributed by atoms with Crippen molar-refractivity contribution in [1.29, 1.82) is 0 Å². The van der Waals surface area contributed by atoms with Gasteiger partial charge in [0.2, 0.25) is 0 Å². The number of piperazine rings is 1. The van der Waals surface area contributed by atoms with E-state index in [0.29, 0.717) is 5.02 Å². The summed E-state index contributed by atoms with van der Waals surface area (Å²) >= 11 is 5.91. The van der Waals surface area contributed by atoms with Crippen molar-refractivity contribution in [3.05, 3.63) is 23.6 Å². The SMILES string of the molecule is Clc1cnc2c(N3CCNCC3)ncnc2c1. The molecule has 0 amide bonds. The van der Waals surface area contributed by atoms with Crippen LogP contribution in [0.1, 0.15) is 0 Å². The first-order chi connectivity index (χ1) is 8.34. The first-order valence-corrected chi connectivity index (χ1v) is 5.94. The van der Waals surface area contributed by atoms with Crippen LogP contribution in [0.5, 0.6) is 0 Å². The van der Waals surface area contributed by atoms with Gasteiger partial charge in [-0.25, -0.2) is 15.0 Å². The molecule has 1 aliphatic rings. The molecule has 17 heavy (non-hydrogen) atoms. The normalized spacial score (nSPS) is 16.4. The summed E-state index contributed by atoms with van der Waals surface area (Å²) in [5.41, 5.74) is 1.61. The molecule has 0 spiro atoms. The zero-order chi connectivity index (χ0) is 11.7. The van der Waals surface area contributed by atoms with Gasteiger partial charge in [0.05, 0.1) is 10.5 Å². The van der Waals surface area contributed by atoms with Gasteiger partial charge in [0.1, 0.15) is 11.8 Å². The van der Waals surface area contributed by atoms with Crippen molar-refractivity contribution in [2.75, 3.05) is 31.1 Å². The first kappa shape index (κ1) is 10.7. The maximum absolute atomic E-state index is 5.91. The minimum Gasteiger partial charge on any atom is -0.352 e. The molecule has 1 saturated heterocycles. The number of hydrogen-bond donors (Lipinski definition) is 1. The van der Waals surface area contributed by atoms with Crippen molar-refractivity contribution < 1.29 is 0 Å². The third-order valence-electron chi connectivity index (χ3n) is 2.84. The van der Waals surface area contributed by atoms with Crippen LogP contribution in [0, 0.1) is 0 Å². The van der Waals surface area contributed by atoms with Crippen molar-refractivity contribution in [2.24, 2.45) is 0 Å². The second-order valence-corrected chi connectivity index (χ2v) is 4.39. The van der Waals surface area contributed by atoms with E-state index in [-0.39, 0.29) is 0 Å². The Hall–Kier alpha value is -1.46. The average Bonchev–Trinajstić information content (AvgIpc) is 2.39. The van der Waals surface area contributed by atoms with Crippen LogP contribution in [-0.4, -0.2) is 41.1 Å². The Morgan fingerprint density at radius 3 is 2.82 bits per heavy atom. The number of hydrogen-bond acceptors (Lipinski definition) is 5.